The number of oxazole rings is 1. The third-order valence-corrected chi connectivity index (χ3v) is 3.92. The van der Waals surface area contributed by atoms with E-state index in [0.717, 1.165) is 22.8 Å². The maximum absolute atomic E-state index is 11.2. The van der Waals surface area contributed by atoms with Crippen molar-refractivity contribution in [1.82, 2.24) is 4.98 Å². The second kappa shape index (κ2) is 7.85. The first-order valence-electron chi connectivity index (χ1n) is 6.61. The Morgan fingerprint density at radius 1 is 1.43 bits per heavy atom. The molecule has 21 heavy (non-hydrogen) atoms. The van der Waals surface area contributed by atoms with E-state index in [1.54, 1.807) is 18.0 Å². The molecule has 5 nitrogen and oxygen atoms in total. The van der Waals surface area contributed by atoms with Gasteiger partial charge in [-0.2, -0.15) is 11.8 Å². The molecule has 1 aromatic carbocycles. The fourth-order valence-electron chi connectivity index (χ4n) is 1.74. The summed E-state index contributed by atoms with van der Waals surface area (Å²) in [6, 6.07) is 9.20. The van der Waals surface area contributed by atoms with E-state index in [4.69, 9.17) is 10.2 Å². The van der Waals surface area contributed by atoms with Gasteiger partial charge in [-0.25, -0.2) is 4.98 Å². The Kier molecular flexibility index (Phi) is 5.83. The molecule has 1 heterocycles. The molecule has 1 atom stereocenters. The topological polar surface area (TPSA) is 78.4 Å². The third kappa shape index (κ3) is 4.61. The molecule has 0 spiro atoms. The second-order valence-corrected chi connectivity index (χ2v) is 5.59. The molecule has 2 aromatic rings. The molecule has 0 amide bonds. The van der Waals surface area contributed by atoms with Gasteiger partial charge in [0, 0.05) is 11.3 Å². The molecule has 0 aliphatic heterocycles. The van der Waals surface area contributed by atoms with Gasteiger partial charge in [-0.3, -0.25) is 4.79 Å². The lowest BCUT2D eigenvalue weighted by atomic mass is 10.2. The Bertz CT molecular complexity index is 571. The van der Waals surface area contributed by atoms with Crippen LogP contribution in [-0.2, 0) is 15.3 Å². The van der Waals surface area contributed by atoms with Crippen LogP contribution in [0.4, 0.5) is 0 Å². The number of nitrogens with zero attached hydrogens (tertiary/aromatic N) is 1. The molecule has 0 fully saturated rings. The van der Waals surface area contributed by atoms with Gasteiger partial charge in [0.2, 0.25) is 5.89 Å². The van der Waals surface area contributed by atoms with Gasteiger partial charge < -0.3 is 14.9 Å². The minimum absolute atomic E-state index is 0.372. The van der Waals surface area contributed by atoms with E-state index in [-0.39, 0.29) is 5.97 Å². The van der Waals surface area contributed by atoms with E-state index in [1.807, 2.05) is 30.3 Å². The molecule has 2 rings (SSSR count). The molecular weight excluding hydrogens is 288 g/mol. The Balaban J connectivity index is 1.77. The molecular formula is C15H18N2O3S. The normalized spacial score (nSPS) is 12.1. The van der Waals surface area contributed by atoms with Crippen molar-refractivity contribution in [3.05, 3.63) is 42.3 Å². The van der Waals surface area contributed by atoms with Crippen molar-refractivity contribution < 1.29 is 13.9 Å². The van der Waals surface area contributed by atoms with Crippen LogP contribution in [0.1, 0.15) is 12.1 Å². The molecule has 112 valence electrons. The summed E-state index contributed by atoms with van der Waals surface area (Å²) in [5, 5.41) is 0. The Morgan fingerprint density at radius 3 is 2.90 bits per heavy atom. The number of carbonyl (C=O) groups excluding carboxylic acids is 1. The highest BCUT2D eigenvalue weighted by Gasteiger charge is 2.13. The van der Waals surface area contributed by atoms with E-state index in [9.17, 15) is 4.79 Å². The molecule has 1 aromatic heterocycles. The van der Waals surface area contributed by atoms with Crippen molar-refractivity contribution in [3.63, 3.8) is 0 Å². The van der Waals surface area contributed by atoms with E-state index >= 15 is 0 Å². The smallest absolute Gasteiger partial charge is 0.322 e. The Morgan fingerprint density at radius 2 is 2.19 bits per heavy atom. The van der Waals surface area contributed by atoms with E-state index < -0.39 is 6.04 Å². The van der Waals surface area contributed by atoms with Crippen LogP contribution >= 0.6 is 11.8 Å². The monoisotopic (exact) mass is 306 g/mol. The number of thioether (sulfide) groups is 1. The van der Waals surface area contributed by atoms with Crippen molar-refractivity contribution in [1.29, 1.82) is 0 Å². The summed E-state index contributed by atoms with van der Waals surface area (Å²) in [6.45, 7) is 0. The molecule has 0 bridgehead atoms. The summed E-state index contributed by atoms with van der Waals surface area (Å²) in [5.74, 6) is 1.74. The van der Waals surface area contributed by atoms with Gasteiger partial charge in [-0.05, 0) is 24.3 Å². The van der Waals surface area contributed by atoms with E-state index in [2.05, 4.69) is 9.72 Å². The fraction of sp³-hybridized carbons (Fsp3) is 0.333. The third-order valence-electron chi connectivity index (χ3n) is 2.90. The molecule has 0 saturated carbocycles. The molecule has 6 heteroatoms. The highest BCUT2D eigenvalue weighted by atomic mass is 32.2. The highest BCUT2D eigenvalue weighted by molar-refractivity contribution is 7.98. The van der Waals surface area contributed by atoms with Crippen LogP contribution in [0.5, 0.6) is 0 Å². The highest BCUT2D eigenvalue weighted by Crippen LogP contribution is 2.20. The van der Waals surface area contributed by atoms with Crippen molar-refractivity contribution in [2.24, 2.45) is 5.73 Å². The van der Waals surface area contributed by atoms with Gasteiger partial charge in [0.15, 0.2) is 0 Å². The van der Waals surface area contributed by atoms with Gasteiger partial charge in [0.1, 0.15) is 12.3 Å². The van der Waals surface area contributed by atoms with Gasteiger partial charge in [-0.15, -0.1) is 0 Å². The predicted octanol–water partition coefficient (Wildman–Crippen LogP) is 2.47. The summed E-state index contributed by atoms with van der Waals surface area (Å²) < 4.78 is 10.0. The van der Waals surface area contributed by atoms with Crippen molar-refractivity contribution in [2.75, 3.05) is 12.9 Å². The number of hydrogen-bond donors (Lipinski definition) is 1. The molecule has 2 N–H and O–H groups in total. The van der Waals surface area contributed by atoms with Gasteiger partial charge in [0.05, 0.1) is 12.8 Å². The second-order valence-electron chi connectivity index (χ2n) is 4.48. The average Bonchev–Trinajstić information content (AvgIpc) is 3.00. The van der Waals surface area contributed by atoms with E-state index in [0.29, 0.717) is 12.3 Å². The number of carbonyl (C=O) groups is 1. The van der Waals surface area contributed by atoms with Crippen LogP contribution in [0.2, 0.25) is 0 Å². The zero-order valence-electron chi connectivity index (χ0n) is 11.8. The van der Waals surface area contributed by atoms with Gasteiger partial charge >= 0.3 is 5.97 Å². The van der Waals surface area contributed by atoms with Crippen molar-refractivity contribution in [3.8, 4) is 11.5 Å². The maximum Gasteiger partial charge on any atom is 0.322 e. The van der Waals surface area contributed by atoms with Gasteiger partial charge in [0.25, 0.3) is 0 Å². The molecule has 0 radical (unpaired) electrons. The number of aromatic nitrogens is 1. The molecule has 0 saturated heterocycles. The van der Waals surface area contributed by atoms with Crippen LogP contribution in [0.15, 0.2) is 41.0 Å². The zero-order chi connectivity index (χ0) is 15.1. The van der Waals surface area contributed by atoms with Crippen LogP contribution < -0.4 is 5.73 Å². The number of methoxy groups -OCH3 is 1. The standard InChI is InChI=1S/C15H18N2O3S/c1-19-15(18)13(16)7-8-21-10-12-9-20-14(17-12)11-5-3-2-4-6-11/h2-6,9,13H,7-8,10,16H2,1H3. The zero-order valence-corrected chi connectivity index (χ0v) is 12.6. The predicted molar refractivity (Wildman–Crippen MR) is 82.7 cm³/mol. The molecule has 0 aliphatic carbocycles. The molecule has 0 aliphatic rings. The first-order chi connectivity index (χ1) is 10.2. The van der Waals surface area contributed by atoms with E-state index in [1.165, 1.54) is 7.11 Å². The average molecular weight is 306 g/mol. The minimum Gasteiger partial charge on any atom is -0.468 e. The lowest BCUT2D eigenvalue weighted by molar-refractivity contribution is -0.142. The Labute approximate surface area is 127 Å². The summed E-state index contributed by atoms with van der Waals surface area (Å²) in [6.07, 6.45) is 2.25. The van der Waals surface area contributed by atoms with Crippen LogP contribution in [0.25, 0.3) is 11.5 Å². The number of esters is 1. The lowest BCUT2D eigenvalue weighted by Crippen LogP contribution is -2.31. The SMILES string of the molecule is COC(=O)C(N)CCSCc1coc(-c2ccccc2)n1. The number of nitrogens with two attached hydrogens (primary N) is 1. The quantitative estimate of drug-likeness (QED) is 0.625. The summed E-state index contributed by atoms with van der Waals surface area (Å²) >= 11 is 1.66. The summed E-state index contributed by atoms with van der Waals surface area (Å²) in [5.41, 5.74) is 7.51. The first-order valence-corrected chi connectivity index (χ1v) is 7.77. The fourth-order valence-corrected chi connectivity index (χ4v) is 2.65. The van der Waals surface area contributed by atoms with Crippen LogP contribution in [0.3, 0.4) is 0 Å². The number of ether oxygens (including phenoxy) is 1. The van der Waals surface area contributed by atoms with Crippen LogP contribution in [-0.4, -0.2) is 29.9 Å². The van der Waals surface area contributed by atoms with Crippen LogP contribution in [0, 0.1) is 0 Å². The first kappa shape index (κ1) is 15.6. The lowest BCUT2D eigenvalue weighted by Gasteiger charge is -2.07. The minimum atomic E-state index is -0.556. The summed E-state index contributed by atoms with van der Waals surface area (Å²) in [4.78, 5) is 15.6. The maximum atomic E-state index is 11.2. The number of hydrogen-bond acceptors (Lipinski definition) is 6. The van der Waals surface area contributed by atoms with Crippen molar-refractivity contribution in [2.45, 2.75) is 18.2 Å². The largest absolute Gasteiger partial charge is 0.468 e. The number of rotatable bonds is 7. The van der Waals surface area contributed by atoms with Gasteiger partial charge in [-0.1, -0.05) is 18.2 Å². The summed E-state index contributed by atoms with van der Waals surface area (Å²) in [7, 11) is 1.34. The molecule has 1 unspecified atom stereocenters. The Hall–Kier alpha value is -1.79. The van der Waals surface area contributed by atoms with Crippen molar-refractivity contribution >= 4 is 17.7 Å². The number of benzene rings is 1.